The Kier molecular flexibility index (Phi) is 1.07. The summed E-state index contributed by atoms with van der Waals surface area (Å²) in [5, 5.41) is 17.1. The van der Waals surface area contributed by atoms with Crippen molar-refractivity contribution in [1.29, 1.82) is 5.26 Å². The molecule has 0 saturated heterocycles. The van der Waals surface area contributed by atoms with Gasteiger partial charge in [-0.2, -0.15) is 5.26 Å². The van der Waals surface area contributed by atoms with E-state index in [1.165, 1.54) is 0 Å². The average Bonchev–Trinajstić information content (AvgIpc) is 2.35. The van der Waals surface area contributed by atoms with Crippen LogP contribution < -0.4 is 0 Å². The Bertz CT molecular complexity index is 226. The number of nitrogens with zero attached hydrogens (tertiary/aromatic N) is 1. The van der Waals surface area contributed by atoms with Crippen molar-refractivity contribution in [2.45, 2.75) is 20.3 Å². The summed E-state index contributed by atoms with van der Waals surface area (Å²) in [5.41, 5.74) is -1.42. The van der Waals surface area contributed by atoms with Crippen molar-refractivity contribution in [1.82, 2.24) is 0 Å². The van der Waals surface area contributed by atoms with E-state index in [-0.39, 0.29) is 5.41 Å². The normalized spacial score (nSPS) is 34.5. The molecule has 1 aliphatic carbocycles. The van der Waals surface area contributed by atoms with Gasteiger partial charge < -0.3 is 5.11 Å². The molecule has 10 heavy (non-hydrogen) atoms. The molecule has 1 fully saturated rings. The molecule has 54 valence electrons. The van der Waals surface area contributed by atoms with Gasteiger partial charge in [0.1, 0.15) is 0 Å². The smallest absolute Gasteiger partial charge is 0.324 e. The highest BCUT2D eigenvalue weighted by molar-refractivity contribution is 5.83. The molecule has 1 unspecified atom stereocenters. The maximum Gasteiger partial charge on any atom is 0.324 e. The molecule has 1 N–H and O–H groups in total. The second-order valence-electron chi connectivity index (χ2n) is 3.38. The number of carboxylic acid groups (broad SMARTS) is 1. The van der Waals surface area contributed by atoms with Crippen molar-refractivity contribution in [3.63, 3.8) is 0 Å². The Morgan fingerprint density at radius 3 is 2.10 bits per heavy atom. The monoisotopic (exact) mass is 139 g/mol. The van der Waals surface area contributed by atoms with Crippen molar-refractivity contribution in [3.8, 4) is 6.07 Å². The molecule has 0 aliphatic heterocycles. The molecule has 1 rings (SSSR count). The van der Waals surface area contributed by atoms with E-state index in [0.717, 1.165) is 0 Å². The first-order valence-electron chi connectivity index (χ1n) is 3.11. The van der Waals surface area contributed by atoms with Crippen LogP contribution in [0.15, 0.2) is 0 Å². The molecule has 0 aromatic rings. The Hall–Kier alpha value is -1.04. The predicted molar refractivity (Wildman–Crippen MR) is 34.1 cm³/mol. The second kappa shape index (κ2) is 1.51. The van der Waals surface area contributed by atoms with E-state index >= 15 is 0 Å². The number of aliphatic carboxylic acids is 1. The van der Waals surface area contributed by atoms with Gasteiger partial charge in [0.25, 0.3) is 0 Å². The standard InChI is InChI=1S/C7H9NO2/c1-6(2)3-7(6,4-8)5(9)10/h3H2,1-2H3,(H,9,10). The van der Waals surface area contributed by atoms with Gasteiger partial charge >= 0.3 is 5.97 Å². The minimum atomic E-state index is -1.09. The molecule has 0 aromatic heterocycles. The molecule has 3 heteroatoms. The highest BCUT2D eigenvalue weighted by atomic mass is 16.4. The van der Waals surface area contributed by atoms with Crippen LogP contribution in [0.1, 0.15) is 20.3 Å². The zero-order chi connectivity index (χ0) is 7.99. The van der Waals surface area contributed by atoms with Crippen LogP contribution >= 0.6 is 0 Å². The van der Waals surface area contributed by atoms with Crippen LogP contribution in [-0.2, 0) is 4.79 Å². The molecule has 0 spiro atoms. The number of carboxylic acids is 1. The van der Waals surface area contributed by atoms with E-state index in [1.54, 1.807) is 13.8 Å². The Morgan fingerprint density at radius 2 is 2.10 bits per heavy atom. The molecule has 1 aliphatic rings. The molecule has 1 saturated carbocycles. The Morgan fingerprint density at radius 1 is 1.70 bits per heavy atom. The summed E-state index contributed by atoms with van der Waals surface area (Å²) < 4.78 is 0. The van der Waals surface area contributed by atoms with Crippen LogP contribution in [0.25, 0.3) is 0 Å². The first kappa shape index (κ1) is 7.07. The van der Waals surface area contributed by atoms with E-state index in [2.05, 4.69) is 0 Å². The van der Waals surface area contributed by atoms with Crippen molar-refractivity contribution >= 4 is 5.97 Å². The molecule has 0 heterocycles. The lowest BCUT2D eigenvalue weighted by Gasteiger charge is -2.03. The number of nitriles is 1. The Balaban J connectivity index is 2.92. The summed E-state index contributed by atoms with van der Waals surface area (Å²) in [6, 6.07) is 1.84. The van der Waals surface area contributed by atoms with Gasteiger partial charge in [-0.3, -0.25) is 4.79 Å². The molecule has 0 aromatic carbocycles. The molecule has 3 nitrogen and oxygen atoms in total. The Labute approximate surface area is 59.3 Å². The second-order valence-corrected chi connectivity index (χ2v) is 3.38. The molecule has 0 radical (unpaired) electrons. The van der Waals surface area contributed by atoms with Crippen molar-refractivity contribution in [2.24, 2.45) is 10.8 Å². The zero-order valence-electron chi connectivity index (χ0n) is 6.01. The van der Waals surface area contributed by atoms with Gasteiger partial charge in [0.2, 0.25) is 0 Å². The third kappa shape index (κ3) is 0.563. The van der Waals surface area contributed by atoms with Crippen LogP contribution in [0.2, 0.25) is 0 Å². The number of rotatable bonds is 1. The molecule has 0 amide bonds. The van der Waals surface area contributed by atoms with E-state index in [1.807, 2.05) is 6.07 Å². The van der Waals surface area contributed by atoms with E-state index in [0.29, 0.717) is 6.42 Å². The summed E-state index contributed by atoms with van der Waals surface area (Å²) in [6.07, 6.45) is 0.478. The summed E-state index contributed by atoms with van der Waals surface area (Å²) in [4.78, 5) is 10.5. The first-order chi connectivity index (χ1) is 4.46. The third-order valence-corrected chi connectivity index (χ3v) is 2.29. The van der Waals surface area contributed by atoms with Gasteiger partial charge in [0.15, 0.2) is 5.41 Å². The fraction of sp³-hybridized carbons (Fsp3) is 0.714. The predicted octanol–water partition coefficient (Wildman–Crippen LogP) is 1.01. The SMILES string of the molecule is CC1(C)CC1(C#N)C(=O)O. The first-order valence-corrected chi connectivity index (χ1v) is 3.11. The lowest BCUT2D eigenvalue weighted by atomic mass is 9.98. The largest absolute Gasteiger partial charge is 0.480 e. The average molecular weight is 139 g/mol. The molecule has 0 bridgehead atoms. The van der Waals surface area contributed by atoms with Gasteiger partial charge in [-0.25, -0.2) is 0 Å². The highest BCUT2D eigenvalue weighted by Gasteiger charge is 2.68. The summed E-state index contributed by atoms with van der Waals surface area (Å²) in [5.74, 6) is -0.986. The van der Waals surface area contributed by atoms with E-state index < -0.39 is 11.4 Å². The fourth-order valence-electron chi connectivity index (χ4n) is 1.22. The molecule has 1 atom stereocenters. The third-order valence-electron chi connectivity index (χ3n) is 2.29. The van der Waals surface area contributed by atoms with Gasteiger partial charge in [0, 0.05) is 0 Å². The lowest BCUT2D eigenvalue weighted by Crippen LogP contribution is -2.18. The van der Waals surface area contributed by atoms with Gasteiger partial charge in [0.05, 0.1) is 6.07 Å². The fourth-order valence-corrected chi connectivity index (χ4v) is 1.22. The maximum atomic E-state index is 10.5. The van der Waals surface area contributed by atoms with Crippen LogP contribution in [0.4, 0.5) is 0 Å². The van der Waals surface area contributed by atoms with Crippen LogP contribution in [0.3, 0.4) is 0 Å². The highest BCUT2D eigenvalue weighted by Crippen LogP contribution is 2.63. The number of hydrogen-bond acceptors (Lipinski definition) is 2. The van der Waals surface area contributed by atoms with Crippen molar-refractivity contribution in [3.05, 3.63) is 0 Å². The zero-order valence-corrected chi connectivity index (χ0v) is 6.01. The van der Waals surface area contributed by atoms with E-state index in [4.69, 9.17) is 10.4 Å². The topological polar surface area (TPSA) is 61.1 Å². The number of carbonyl (C=O) groups is 1. The minimum absolute atomic E-state index is 0.326. The quantitative estimate of drug-likeness (QED) is 0.589. The van der Waals surface area contributed by atoms with Gasteiger partial charge in [-0.05, 0) is 11.8 Å². The maximum absolute atomic E-state index is 10.5. The summed E-state index contributed by atoms with van der Waals surface area (Å²) >= 11 is 0. The van der Waals surface area contributed by atoms with E-state index in [9.17, 15) is 4.79 Å². The lowest BCUT2D eigenvalue weighted by molar-refractivity contribution is -0.142. The van der Waals surface area contributed by atoms with Crippen LogP contribution in [0.5, 0.6) is 0 Å². The minimum Gasteiger partial charge on any atom is -0.480 e. The molecular formula is C7H9NO2. The van der Waals surface area contributed by atoms with Crippen molar-refractivity contribution in [2.75, 3.05) is 0 Å². The summed E-state index contributed by atoms with van der Waals surface area (Å²) in [7, 11) is 0. The van der Waals surface area contributed by atoms with Gasteiger partial charge in [-0.1, -0.05) is 13.8 Å². The molecular weight excluding hydrogens is 130 g/mol. The number of hydrogen-bond donors (Lipinski definition) is 1. The van der Waals surface area contributed by atoms with Crippen LogP contribution in [-0.4, -0.2) is 11.1 Å². The van der Waals surface area contributed by atoms with Crippen LogP contribution in [0, 0.1) is 22.2 Å². The summed E-state index contributed by atoms with van der Waals surface area (Å²) in [6.45, 7) is 3.59. The van der Waals surface area contributed by atoms with Gasteiger partial charge in [-0.15, -0.1) is 0 Å². The van der Waals surface area contributed by atoms with Crippen molar-refractivity contribution < 1.29 is 9.90 Å².